The summed E-state index contributed by atoms with van der Waals surface area (Å²) in [5.41, 5.74) is 8.08. The molecule has 0 radical (unpaired) electrons. The normalized spacial score (nSPS) is 11.9. The molecule has 3 rings (SSSR count). The first-order valence-electron chi connectivity index (χ1n) is 7.50. The first kappa shape index (κ1) is 16.2. The van der Waals surface area contributed by atoms with Crippen molar-refractivity contribution in [3.05, 3.63) is 48.0 Å². The molecule has 0 saturated carbocycles. The lowest BCUT2D eigenvalue weighted by Gasteiger charge is -2.11. The molecule has 24 heavy (non-hydrogen) atoms. The summed E-state index contributed by atoms with van der Waals surface area (Å²) < 4.78 is 46.0. The molecule has 2 N–H and O–H groups in total. The Hall–Kier alpha value is -2.63. The quantitative estimate of drug-likeness (QED) is 0.737. The van der Waals surface area contributed by atoms with Gasteiger partial charge in [0.2, 0.25) is 0 Å². The Kier molecular flexibility index (Phi) is 3.91. The molecule has 3 aromatic rings. The fourth-order valence-corrected chi connectivity index (χ4v) is 2.94. The number of aryl methyl sites for hydroxylation is 1. The lowest BCUT2D eigenvalue weighted by molar-refractivity contribution is -0.137. The number of nitrogens with zero attached hydrogens (tertiary/aromatic N) is 1. The highest BCUT2D eigenvalue weighted by Crippen LogP contribution is 2.39. The summed E-state index contributed by atoms with van der Waals surface area (Å²) in [5, 5.41) is 0.621. The van der Waals surface area contributed by atoms with Crippen molar-refractivity contribution in [2.24, 2.45) is 0 Å². The average molecular weight is 334 g/mol. The van der Waals surface area contributed by atoms with E-state index in [9.17, 15) is 13.2 Å². The SMILES string of the molecule is CCn1c(-c2ccc(OC)cc2)c(N)c2ccc(C(F)(F)F)cc21. The molecule has 0 fully saturated rings. The molecule has 3 nitrogen and oxygen atoms in total. The van der Waals surface area contributed by atoms with Gasteiger partial charge in [0.25, 0.3) is 0 Å². The van der Waals surface area contributed by atoms with Crippen molar-refractivity contribution < 1.29 is 17.9 Å². The van der Waals surface area contributed by atoms with E-state index in [0.717, 1.165) is 23.4 Å². The summed E-state index contributed by atoms with van der Waals surface area (Å²) >= 11 is 0. The maximum absolute atomic E-state index is 13.0. The molecule has 1 heterocycles. The van der Waals surface area contributed by atoms with Crippen LogP contribution in [0.4, 0.5) is 18.9 Å². The zero-order valence-electron chi connectivity index (χ0n) is 13.3. The minimum Gasteiger partial charge on any atom is -0.497 e. The van der Waals surface area contributed by atoms with Gasteiger partial charge >= 0.3 is 6.18 Å². The number of benzene rings is 2. The fraction of sp³-hybridized carbons (Fsp3) is 0.222. The Labute approximate surface area is 137 Å². The van der Waals surface area contributed by atoms with Gasteiger partial charge < -0.3 is 15.0 Å². The first-order chi connectivity index (χ1) is 11.4. The van der Waals surface area contributed by atoms with Gasteiger partial charge in [-0.25, -0.2) is 0 Å². The number of halogens is 3. The van der Waals surface area contributed by atoms with Crippen LogP contribution in [0.1, 0.15) is 12.5 Å². The molecule has 0 atom stereocenters. The van der Waals surface area contributed by atoms with Gasteiger partial charge in [-0.15, -0.1) is 0 Å². The number of nitrogen functional groups attached to an aromatic ring is 1. The number of alkyl halides is 3. The number of hydrogen-bond donors (Lipinski definition) is 1. The molecule has 6 heteroatoms. The van der Waals surface area contributed by atoms with Gasteiger partial charge in [-0.1, -0.05) is 6.07 Å². The molecule has 0 spiro atoms. The van der Waals surface area contributed by atoms with Crippen LogP contribution in [0, 0.1) is 0 Å². The van der Waals surface area contributed by atoms with Crippen LogP contribution in [0.3, 0.4) is 0 Å². The molecule has 0 aliphatic carbocycles. The van der Waals surface area contributed by atoms with Gasteiger partial charge in [-0.05, 0) is 43.3 Å². The van der Waals surface area contributed by atoms with Crippen LogP contribution in [0.2, 0.25) is 0 Å². The van der Waals surface area contributed by atoms with Crippen LogP contribution in [-0.2, 0) is 12.7 Å². The predicted molar refractivity (Wildman–Crippen MR) is 89.0 cm³/mol. The largest absolute Gasteiger partial charge is 0.497 e. The molecular weight excluding hydrogens is 317 g/mol. The number of ether oxygens (including phenoxy) is 1. The maximum Gasteiger partial charge on any atom is 0.416 e. The molecule has 2 aromatic carbocycles. The number of rotatable bonds is 3. The second-order valence-corrected chi connectivity index (χ2v) is 5.46. The van der Waals surface area contributed by atoms with Gasteiger partial charge in [0.1, 0.15) is 5.75 Å². The highest BCUT2D eigenvalue weighted by atomic mass is 19.4. The van der Waals surface area contributed by atoms with Crippen molar-refractivity contribution in [1.29, 1.82) is 0 Å². The topological polar surface area (TPSA) is 40.2 Å². The summed E-state index contributed by atoms with van der Waals surface area (Å²) in [6.07, 6.45) is -4.38. The number of aromatic nitrogens is 1. The second-order valence-electron chi connectivity index (χ2n) is 5.46. The van der Waals surface area contributed by atoms with Crippen molar-refractivity contribution in [2.45, 2.75) is 19.6 Å². The van der Waals surface area contributed by atoms with Crippen molar-refractivity contribution in [3.8, 4) is 17.0 Å². The maximum atomic E-state index is 13.0. The third kappa shape index (κ3) is 2.58. The molecule has 1 aromatic heterocycles. The van der Waals surface area contributed by atoms with Crippen LogP contribution in [0.15, 0.2) is 42.5 Å². The van der Waals surface area contributed by atoms with Crippen LogP contribution in [0.25, 0.3) is 22.2 Å². The van der Waals surface area contributed by atoms with E-state index in [1.165, 1.54) is 6.07 Å². The number of anilines is 1. The van der Waals surface area contributed by atoms with Crippen LogP contribution < -0.4 is 10.5 Å². The van der Waals surface area contributed by atoms with E-state index in [1.54, 1.807) is 19.2 Å². The standard InChI is InChI=1S/C18H17F3N2O/c1-3-23-15-10-12(18(19,20)21)6-9-14(15)16(22)17(23)11-4-7-13(24-2)8-5-11/h4-10H,3,22H2,1-2H3. The minimum absolute atomic E-state index is 0.478. The van der Waals surface area contributed by atoms with Gasteiger partial charge in [0, 0.05) is 17.5 Å². The zero-order valence-corrected chi connectivity index (χ0v) is 13.3. The monoisotopic (exact) mass is 334 g/mol. The van der Waals surface area contributed by atoms with E-state index in [2.05, 4.69) is 0 Å². The Morgan fingerprint density at radius 1 is 1.08 bits per heavy atom. The number of methoxy groups -OCH3 is 1. The van der Waals surface area contributed by atoms with Crippen molar-refractivity contribution in [2.75, 3.05) is 12.8 Å². The molecule has 0 aliphatic rings. The van der Waals surface area contributed by atoms with Crippen molar-refractivity contribution in [1.82, 2.24) is 4.57 Å². The Morgan fingerprint density at radius 3 is 2.29 bits per heavy atom. The molecular formula is C18H17F3N2O. The minimum atomic E-state index is -4.38. The highest BCUT2D eigenvalue weighted by molar-refractivity contribution is 6.01. The van der Waals surface area contributed by atoms with Crippen LogP contribution in [-0.4, -0.2) is 11.7 Å². The molecule has 0 bridgehead atoms. The summed E-state index contributed by atoms with van der Waals surface area (Å²) in [6, 6.07) is 11.0. The van der Waals surface area contributed by atoms with E-state index in [0.29, 0.717) is 28.9 Å². The number of fused-ring (bicyclic) bond motifs is 1. The highest BCUT2D eigenvalue weighted by Gasteiger charge is 2.31. The first-order valence-corrected chi connectivity index (χ1v) is 7.50. The third-order valence-corrected chi connectivity index (χ3v) is 4.11. The van der Waals surface area contributed by atoms with Gasteiger partial charge in [-0.3, -0.25) is 0 Å². The summed E-state index contributed by atoms with van der Waals surface area (Å²) in [5.74, 6) is 0.704. The lowest BCUT2D eigenvalue weighted by Crippen LogP contribution is -2.05. The summed E-state index contributed by atoms with van der Waals surface area (Å²) in [6.45, 7) is 2.39. The fourth-order valence-electron chi connectivity index (χ4n) is 2.94. The Bertz CT molecular complexity index is 880. The van der Waals surface area contributed by atoms with Gasteiger partial charge in [0.15, 0.2) is 0 Å². The third-order valence-electron chi connectivity index (χ3n) is 4.11. The zero-order chi connectivity index (χ0) is 17.5. The molecule has 0 saturated heterocycles. The lowest BCUT2D eigenvalue weighted by atomic mass is 10.1. The van der Waals surface area contributed by atoms with Crippen molar-refractivity contribution in [3.63, 3.8) is 0 Å². The smallest absolute Gasteiger partial charge is 0.416 e. The average Bonchev–Trinajstić information content (AvgIpc) is 2.86. The number of hydrogen-bond acceptors (Lipinski definition) is 2. The summed E-state index contributed by atoms with van der Waals surface area (Å²) in [7, 11) is 1.57. The van der Waals surface area contributed by atoms with Gasteiger partial charge in [-0.2, -0.15) is 13.2 Å². The van der Waals surface area contributed by atoms with E-state index in [-0.39, 0.29) is 0 Å². The van der Waals surface area contributed by atoms with Gasteiger partial charge in [0.05, 0.1) is 29.6 Å². The molecule has 0 aliphatic heterocycles. The Morgan fingerprint density at radius 2 is 1.75 bits per heavy atom. The molecule has 0 amide bonds. The Balaban J connectivity index is 2.25. The van der Waals surface area contributed by atoms with E-state index >= 15 is 0 Å². The van der Waals surface area contributed by atoms with Crippen LogP contribution in [0.5, 0.6) is 5.75 Å². The van der Waals surface area contributed by atoms with E-state index in [4.69, 9.17) is 10.5 Å². The van der Waals surface area contributed by atoms with E-state index < -0.39 is 11.7 Å². The van der Waals surface area contributed by atoms with Crippen LogP contribution >= 0.6 is 0 Å². The number of nitrogens with two attached hydrogens (primary N) is 1. The predicted octanol–water partition coefficient (Wildman–Crippen LogP) is 4.94. The molecule has 0 unspecified atom stereocenters. The second kappa shape index (κ2) is 5.78. The van der Waals surface area contributed by atoms with Crippen molar-refractivity contribution >= 4 is 16.6 Å². The van der Waals surface area contributed by atoms with E-state index in [1.807, 2.05) is 23.6 Å². The summed E-state index contributed by atoms with van der Waals surface area (Å²) in [4.78, 5) is 0. The molecule has 126 valence electrons.